The molecule has 26 heavy (non-hydrogen) atoms. The third-order valence-electron chi connectivity index (χ3n) is 3.01. The van der Waals surface area contributed by atoms with Crippen molar-refractivity contribution < 1.29 is 23.8 Å². The molecule has 10 nitrogen and oxygen atoms in total. The van der Waals surface area contributed by atoms with Gasteiger partial charge in [-0.1, -0.05) is 0 Å². The summed E-state index contributed by atoms with van der Waals surface area (Å²) in [5, 5.41) is 21.5. The van der Waals surface area contributed by atoms with Crippen molar-refractivity contribution in [2.75, 3.05) is 25.6 Å². The highest BCUT2D eigenvalue weighted by Gasteiger charge is 2.18. The Hall–Kier alpha value is -2.57. The molecule has 0 radical (unpaired) electrons. The lowest BCUT2D eigenvalue weighted by atomic mass is 10.3. The summed E-state index contributed by atoms with van der Waals surface area (Å²) in [6, 6.07) is 3.45. The number of amides is 2. The zero-order chi connectivity index (χ0) is 18.9. The van der Waals surface area contributed by atoms with Crippen molar-refractivity contribution in [3.05, 3.63) is 34.2 Å². The van der Waals surface area contributed by atoms with Gasteiger partial charge in [0.15, 0.2) is 11.5 Å². The molecule has 12 heteroatoms. The Kier molecular flexibility index (Phi) is 7.44. The lowest BCUT2D eigenvalue weighted by molar-refractivity contribution is 0.194. The number of rotatable bonds is 7. The Morgan fingerprint density at radius 1 is 1.46 bits per heavy atom. The van der Waals surface area contributed by atoms with Gasteiger partial charge in [-0.15, -0.1) is 0 Å². The summed E-state index contributed by atoms with van der Waals surface area (Å²) in [4.78, 5) is 15.9. The smallest absolute Gasteiger partial charge is 0.320 e. The van der Waals surface area contributed by atoms with E-state index in [1.165, 1.54) is 18.2 Å². The number of benzene rings is 1. The van der Waals surface area contributed by atoms with Crippen molar-refractivity contribution in [1.29, 1.82) is 0 Å². The van der Waals surface area contributed by atoms with E-state index in [0.717, 1.165) is 0 Å². The molecule has 1 heterocycles. The van der Waals surface area contributed by atoms with Crippen LogP contribution in [0, 0.1) is 5.82 Å². The van der Waals surface area contributed by atoms with Crippen LogP contribution in [0.4, 0.5) is 20.7 Å². The van der Waals surface area contributed by atoms with E-state index in [4.69, 9.17) is 4.74 Å². The van der Waals surface area contributed by atoms with Gasteiger partial charge in [-0.3, -0.25) is 16.0 Å². The third-order valence-corrected chi connectivity index (χ3v) is 3.61. The Labute approximate surface area is 155 Å². The SMILES string of the molecule is COCCCNC(=O)Nc1nonc1C(=Nc1ccc(F)c(Br)c1)NO. The predicted molar refractivity (Wildman–Crippen MR) is 93.0 cm³/mol. The van der Waals surface area contributed by atoms with Crippen LogP contribution >= 0.6 is 15.9 Å². The van der Waals surface area contributed by atoms with Crippen molar-refractivity contribution in [2.45, 2.75) is 6.42 Å². The van der Waals surface area contributed by atoms with E-state index in [9.17, 15) is 14.4 Å². The number of amidine groups is 1. The van der Waals surface area contributed by atoms with Crippen molar-refractivity contribution in [3.8, 4) is 0 Å². The van der Waals surface area contributed by atoms with Crippen LogP contribution in [-0.4, -0.2) is 47.6 Å². The second kappa shape index (κ2) is 9.79. The average Bonchev–Trinajstić information content (AvgIpc) is 3.07. The van der Waals surface area contributed by atoms with Crippen molar-refractivity contribution in [1.82, 2.24) is 21.1 Å². The van der Waals surface area contributed by atoms with Crippen molar-refractivity contribution in [3.63, 3.8) is 0 Å². The second-order valence-corrected chi connectivity index (χ2v) is 5.71. The second-order valence-electron chi connectivity index (χ2n) is 4.86. The molecule has 0 unspecified atom stereocenters. The minimum Gasteiger partial charge on any atom is -0.385 e. The maximum absolute atomic E-state index is 13.3. The highest BCUT2D eigenvalue weighted by atomic mass is 79.9. The van der Waals surface area contributed by atoms with Crippen LogP contribution in [0.2, 0.25) is 0 Å². The first-order valence-electron chi connectivity index (χ1n) is 7.35. The van der Waals surface area contributed by atoms with Gasteiger partial charge in [0.2, 0.25) is 5.82 Å². The van der Waals surface area contributed by atoms with Crippen LogP contribution < -0.4 is 16.1 Å². The summed E-state index contributed by atoms with van der Waals surface area (Å²) in [5.74, 6) is -0.673. The molecule has 0 saturated carbocycles. The van der Waals surface area contributed by atoms with E-state index >= 15 is 0 Å². The number of carbonyl (C=O) groups is 1. The summed E-state index contributed by atoms with van der Waals surface area (Å²) in [5.41, 5.74) is 2.12. The Balaban J connectivity index is 2.12. The number of aliphatic imine (C=N–C) groups is 1. The standard InChI is InChI=1S/C14H16BrFN6O4/c1-25-6-2-5-17-14(23)19-13-11(21-26-22-13)12(20-24)18-8-3-4-10(16)9(15)7-8/h3-4,7,24H,2,5-6H2,1H3,(H,18,20)(H2,17,19,22,23). The summed E-state index contributed by atoms with van der Waals surface area (Å²) in [6.07, 6.45) is 0.637. The van der Waals surface area contributed by atoms with E-state index in [2.05, 4.69) is 46.5 Å². The molecule has 0 saturated heterocycles. The predicted octanol–water partition coefficient (Wildman–Crippen LogP) is 2.19. The van der Waals surface area contributed by atoms with Gasteiger partial charge < -0.3 is 10.1 Å². The first kappa shape index (κ1) is 19.8. The topological polar surface area (TPSA) is 134 Å². The first-order chi connectivity index (χ1) is 12.5. The van der Waals surface area contributed by atoms with E-state index in [-0.39, 0.29) is 21.8 Å². The number of nitrogens with one attached hydrogen (secondary N) is 3. The Morgan fingerprint density at radius 3 is 2.96 bits per heavy atom. The first-order valence-corrected chi connectivity index (χ1v) is 8.15. The Bertz CT molecular complexity index is 785. The maximum atomic E-state index is 13.3. The molecule has 4 N–H and O–H groups in total. The van der Waals surface area contributed by atoms with Gasteiger partial charge in [0.25, 0.3) is 0 Å². The van der Waals surface area contributed by atoms with Crippen LogP contribution in [0.1, 0.15) is 12.1 Å². The van der Waals surface area contributed by atoms with Crippen LogP contribution in [0.5, 0.6) is 0 Å². The number of hydrogen-bond donors (Lipinski definition) is 4. The minimum atomic E-state index is -0.542. The van der Waals surface area contributed by atoms with Gasteiger partial charge in [-0.05, 0) is 50.9 Å². The number of carbonyl (C=O) groups excluding carboxylic acids is 1. The Morgan fingerprint density at radius 2 is 2.27 bits per heavy atom. The molecular formula is C14H16BrFN6O4. The highest BCUT2D eigenvalue weighted by molar-refractivity contribution is 9.10. The van der Waals surface area contributed by atoms with Gasteiger partial charge >= 0.3 is 6.03 Å². The summed E-state index contributed by atoms with van der Waals surface area (Å²) in [6.45, 7) is 0.901. The highest BCUT2D eigenvalue weighted by Crippen LogP contribution is 2.23. The van der Waals surface area contributed by atoms with E-state index in [0.29, 0.717) is 25.3 Å². The molecule has 0 atom stereocenters. The largest absolute Gasteiger partial charge is 0.385 e. The molecule has 0 aliphatic rings. The van der Waals surface area contributed by atoms with E-state index in [1.807, 2.05) is 5.48 Å². The lowest BCUT2D eigenvalue weighted by Gasteiger charge is -2.06. The number of anilines is 1. The summed E-state index contributed by atoms with van der Waals surface area (Å²) in [7, 11) is 1.57. The molecule has 0 spiro atoms. The fourth-order valence-corrected chi connectivity index (χ4v) is 2.18. The molecule has 2 rings (SSSR count). The lowest BCUT2D eigenvalue weighted by Crippen LogP contribution is -2.31. The number of urea groups is 1. The number of nitrogens with zero attached hydrogens (tertiary/aromatic N) is 3. The molecule has 1 aromatic heterocycles. The van der Waals surface area contributed by atoms with Crippen LogP contribution in [0.25, 0.3) is 0 Å². The monoisotopic (exact) mass is 430 g/mol. The third kappa shape index (κ3) is 5.47. The van der Waals surface area contributed by atoms with Crippen molar-refractivity contribution in [2.24, 2.45) is 4.99 Å². The number of hydroxylamine groups is 1. The fraction of sp³-hybridized carbons (Fsp3) is 0.286. The number of ether oxygens (including phenoxy) is 1. The van der Waals surface area contributed by atoms with E-state index in [1.54, 1.807) is 7.11 Å². The van der Waals surface area contributed by atoms with Gasteiger partial charge in [0.1, 0.15) is 5.82 Å². The maximum Gasteiger partial charge on any atom is 0.320 e. The van der Waals surface area contributed by atoms with Gasteiger partial charge in [-0.2, -0.15) is 0 Å². The molecule has 2 amide bonds. The quantitative estimate of drug-likeness (QED) is 0.229. The minimum absolute atomic E-state index is 0.0417. The van der Waals surface area contributed by atoms with Gasteiger partial charge in [-0.25, -0.2) is 18.8 Å². The molecule has 1 aromatic carbocycles. The van der Waals surface area contributed by atoms with Crippen LogP contribution in [0.15, 0.2) is 32.3 Å². The molecule has 0 fully saturated rings. The number of aromatic nitrogens is 2. The number of methoxy groups -OCH3 is 1. The molecule has 140 valence electrons. The molecule has 0 aliphatic carbocycles. The van der Waals surface area contributed by atoms with Crippen LogP contribution in [0.3, 0.4) is 0 Å². The van der Waals surface area contributed by atoms with Crippen LogP contribution in [-0.2, 0) is 4.74 Å². The normalized spacial score (nSPS) is 11.3. The summed E-state index contributed by atoms with van der Waals surface area (Å²) >= 11 is 3.04. The van der Waals surface area contributed by atoms with Gasteiger partial charge in [0, 0.05) is 20.3 Å². The van der Waals surface area contributed by atoms with Crippen molar-refractivity contribution >= 4 is 39.3 Å². The molecule has 2 aromatic rings. The fourth-order valence-electron chi connectivity index (χ4n) is 1.81. The number of hydrogen-bond acceptors (Lipinski definition) is 7. The molecule has 0 aliphatic heterocycles. The molecule has 0 bridgehead atoms. The average molecular weight is 431 g/mol. The van der Waals surface area contributed by atoms with E-state index < -0.39 is 11.8 Å². The zero-order valence-electron chi connectivity index (χ0n) is 13.6. The zero-order valence-corrected chi connectivity index (χ0v) is 15.2. The number of halogens is 2. The molecular weight excluding hydrogens is 415 g/mol. The summed E-state index contributed by atoms with van der Waals surface area (Å²) < 4.78 is 23.0. The van der Waals surface area contributed by atoms with Gasteiger partial charge in [0.05, 0.1) is 10.2 Å².